The predicted molar refractivity (Wildman–Crippen MR) is 171 cm³/mol. The second kappa shape index (κ2) is 14.6. The molecule has 0 heterocycles. The van der Waals surface area contributed by atoms with E-state index in [1.54, 1.807) is 48.5 Å². The first-order chi connectivity index (χ1) is 20.6. The molecule has 224 valence electrons. The minimum absolute atomic E-state index is 0.0763. The molecule has 1 atom stereocenters. The molecule has 8 heteroatoms. The highest BCUT2D eigenvalue weighted by Gasteiger charge is 2.34. The number of nitrogens with zero attached hydrogens (tertiary/aromatic N) is 2. The Bertz CT molecular complexity index is 1590. The number of hydrogen-bond acceptors (Lipinski definition) is 4. The van der Waals surface area contributed by atoms with Gasteiger partial charge in [0.1, 0.15) is 12.6 Å². The van der Waals surface area contributed by atoms with Crippen LogP contribution in [0.15, 0.2) is 120 Å². The summed E-state index contributed by atoms with van der Waals surface area (Å²) in [5, 5.41) is 3.01. The van der Waals surface area contributed by atoms with Crippen molar-refractivity contribution in [1.29, 1.82) is 0 Å². The highest BCUT2D eigenvalue weighted by molar-refractivity contribution is 7.92. The summed E-state index contributed by atoms with van der Waals surface area (Å²) in [7, 11) is -4.10. The van der Waals surface area contributed by atoms with Gasteiger partial charge in [0.2, 0.25) is 11.8 Å². The quantitative estimate of drug-likeness (QED) is 0.217. The van der Waals surface area contributed by atoms with Gasteiger partial charge in [-0.1, -0.05) is 110 Å². The maximum atomic E-state index is 14.4. The number of nitrogens with one attached hydrogen (secondary N) is 1. The summed E-state index contributed by atoms with van der Waals surface area (Å²) >= 11 is 0. The second-order valence-corrected chi connectivity index (χ2v) is 12.9. The number of sulfonamides is 1. The fourth-order valence-electron chi connectivity index (χ4n) is 4.83. The fourth-order valence-corrected chi connectivity index (χ4v) is 6.26. The molecule has 4 aromatic rings. The topological polar surface area (TPSA) is 86.8 Å². The van der Waals surface area contributed by atoms with E-state index < -0.39 is 28.5 Å². The van der Waals surface area contributed by atoms with Crippen LogP contribution >= 0.6 is 0 Å². The van der Waals surface area contributed by atoms with E-state index >= 15 is 0 Å². The molecule has 0 aliphatic carbocycles. The lowest BCUT2D eigenvalue weighted by atomic mass is 10.0. The Morgan fingerprint density at radius 2 is 1.35 bits per heavy atom. The lowest BCUT2D eigenvalue weighted by Crippen LogP contribution is -2.53. The predicted octanol–water partition coefficient (Wildman–Crippen LogP) is 5.60. The van der Waals surface area contributed by atoms with Crippen molar-refractivity contribution in [2.75, 3.05) is 17.4 Å². The van der Waals surface area contributed by atoms with Crippen LogP contribution < -0.4 is 9.62 Å². The van der Waals surface area contributed by atoms with Crippen LogP contribution in [0.3, 0.4) is 0 Å². The molecule has 2 amide bonds. The lowest BCUT2D eigenvalue weighted by Gasteiger charge is -2.34. The summed E-state index contributed by atoms with van der Waals surface area (Å²) in [4.78, 5) is 29.8. The maximum absolute atomic E-state index is 14.4. The molecule has 0 aromatic heterocycles. The van der Waals surface area contributed by atoms with Gasteiger partial charge in [-0.3, -0.25) is 13.9 Å². The van der Waals surface area contributed by atoms with Crippen LogP contribution in [0.25, 0.3) is 0 Å². The Labute approximate surface area is 255 Å². The van der Waals surface area contributed by atoms with Gasteiger partial charge in [0, 0.05) is 19.5 Å². The van der Waals surface area contributed by atoms with Crippen LogP contribution in [-0.2, 0) is 32.6 Å². The average molecular weight is 598 g/mol. The summed E-state index contributed by atoms with van der Waals surface area (Å²) in [6.45, 7) is 6.10. The van der Waals surface area contributed by atoms with Crippen LogP contribution in [0, 0.1) is 12.8 Å². The Morgan fingerprint density at radius 1 is 0.767 bits per heavy atom. The minimum Gasteiger partial charge on any atom is -0.354 e. The van der Waals surface area contributed by atoms with E-state index in [1.807, 2.05) is 75.4 Å². The molecule has 4 aromatic carbocycles. The minimum atomic E-state index is -4.10. The van der Waals surface area contributed by atoms with E-state index in [-0.39, 0.29) is 29.7 Å². The van der Waals surface area contributed by atoms with Gasteiger partial charge in [-0.25, -0.2) is 8.42 Å². The number of hydrogen-bond donors (Lipinski definition) is 1. The summed E-state index contributed by atoms with van der Waals surface area (Å²) in [6.07, 6.45) is 0.277. The monoisotopic (exact) mass is 597 g/mol. The Hall–Kier alpha value is -4.43. The number of aryl methyl sites for hydroxylation is 1. The van der Waals surface area contributed by atoms with Crippen molar-refractivity contribution in [3.63, 3.8) is 0 Å². The van der Waals surface area contributed by atoms with E-state index in [0.717, 1.165) is 21.0 Å². The van der Waals surface area contributed by atoms with Crippen molar-refractivity contribution >= 4 is 27.5 Å². The third-order valence-electron chi connectivity index (χ3n) is 7.05. The molecule has 0 saturated heterocycles. The smallest absolute Gasteiger partial charge is 0.264 e. The molecule has 7 nitrogen and oxygen atoms in total. The summed E-state index contributed by atoms with van der Waals surface area (Å²) in [5.74, 6) is -0.548. The van der Waals surface area contributed by atoms with Crippen LogP contribution in [0.4, 0.5) is 5.69 Å². The van der Waals surface area contributed by atoms with Crippen molar-refractivity contribution in [1.82, 2.24) is 10.2 Å². The van der Waals surface area contributed by atoms with Crippen molar-refractivity contribution < 1.29 is 18.0 Å². The molecule has 0 radical (unpaired) electrons. The molecule has 0 saturated carbocycles. The third kappa shape index (κ3) is 8.55. The Morgan fingerprint density at radius 3 is 1.95 bits per heavy atom. The largest absolute Gasteiger partial charge is 0.354 e. The summed E-state index contributed by atoms with van der Waals surface area (Å²) < 4.78 is 29.0. The number of anilines is 1. The van der Waals surface area contributed by atoms with Gasteiger partial charge in [0.25, 0.3) is 10.0 Å². The lowest BCUT2D eigenvalue weighted by molar-refractivity contribution is -0.140. The van der Waals surface area contributed by atoms with Gasteiger partial charge >= 0.3 is 0 Å². The molecule has 0 fully saturated rings. The molecule has 0 spiro atoms. The van der Waals surface area contributed by atoms with E-state index in [0.29, 0.717) is 12.2 Å². The van der Waals surface area contributed by atoms with Crippen LogP contribution in [0.1, 0.15) is 30.5 Å². The van der Waals surface area contributed by atoms with Crippen molar-refractivity contribution in [3.05, 3.63) is 132 Å². The molecule has 1 unspecified atom stereocenters. The van der Waals surface area contributed by atoms with Crippen molar-refractivity contribution in [3.8, 4) is 0 Å². The normalized spacial score (nSPS) is 12.0. The first kappa shape index (κ1) is 31.5. The van der Waals surface area contributed by atoms with Gasteiger partial charge in [-0.15, -0.1) is 0 Å². The second-order valence-electron chi connectivity index (χ2n) is 11.0. The molecule has 1 N–H and O–H groups in total. The fraction of sp³-hybridized carbons (Fsp3) is 0.257. The molecular formula is C35H39N3O4S. The standard InChI is InChI=1S/C35H39N3O4S/c1-27(2)24-36-35(40)33(23-29-15-7-4-8-16-29)37(25-30-17-13-14-28(3)22-30)34(39)26-38(31-18-9-5-10-19-31)43(41,42)32-20-11-6-12-21-32/h4-22,27,33H,23-26H2,1-3H3,(H,36,40). The zero-order valence-corrected chi connectivity index (χ0v) is 25.7. The third-order valence-corrected chi connectivity index (χ3v) is 8.83. The number of benzene rings is 4. The highest BCUT2D eigenvalue weighted by Crippen LogP contribution is 2.25. The summed E-state index contributed by atoms with van der Waals surface area (Å²) in [6, 6.07) is 33.1. The zero-order valence-electron chi connectivity index (χ0n) is 24.9. The van der Waals surface area contributed by atoms with E-state index in [4.69, 9.17) is 0 Å². The summed E-state index contributed by atoms with van der Waals surface area (Å²) in [5.41, 5.74) is 3.12. The van der Waals surface area contributed by atoms with Gasteiger partial charge < -0.3 is 10.2 Å². The zero-order chi connectivity index (χ0) is 30.8. The molecule has 0 aliphatic rings. The number of amides is 2. The first-order valence-electron chi connectivity index (χ1n) is 14.4. The molecule has 0 bridgehead atoms. The van der Waals surface area contributed by atoms with Gasteiger partial charge in [0.05, 0.1) is 10.6 Å². The molecule has 43 heavy (non-hydrogen) atoms. The van der Waals surface area contributed by atoms with E-state index in [9.17, 15) is 18.0 Å². The number of carbonyl (C=O) groups excluding carboxylic acids is 2. The average Bonchev–Trinajstić information content (AvgIpc) is 3.01. The van der Waals surface area contributed by atoms with Crippen LogP contribution in [0.5, 0.6) is 0 Å². The van der Waals surface area contributed by atoms with Gasteiger partial charge in [0.15, 0.2) is 0 Å². The maximum Gasteiger partial charge on any atom is 0.264 e. The molecular weight excluding hydrogens is 558 g/mol. The van der Waals surface area contributed by atoms with Gasteiger partial charge in [-0.2, -0.15) is 0 Å². The van der Waals surface area contributed by atoms with E-state index in [1.165, 1.54) is 17.0 Å². The van der Waals surface area contributed by atoms with Crippen LogP contribution in [0.2, 0.25) is 0 Å². The first-order valence-corrected chi connectivity index (χ1v) is 15.9. The van der Waals surface area contributed by atoms with Crippen molar-refractivity contribution in [2.24, 2.45) is 5.92 Å². The molecule has 4 rings (SSSR count). The number of para-hydroxylation sites is 1. The number of carbonyl (C=O) groups is 2. The molecule has 0 aliphatic heterocycles. The highest BCUT2D eigenvalue weighted by atomic mass is 32.2. The number of rotatable bonds is 13. The Balaban J connectivity index is 1.77. The Kier molecular flexibility index (Phi) is 10.7. The van der Waals surface area contributed by atoms with E-state index in [2.05, 4.69) is 5.32 Å². The van der Waals surface area contributed by atoms with Crippen LogP contribution in [-0.4, -0.2) is 44.3 Å². The van der Waals surface area contributed by atoms with Crippen molar-refractivity contribution in [2.45, 2.75) is 44.7 Å². The SMILES string of the molecule is Cc1cccc(CN(C(=O)CN(c2ccccc2)S(=O)(=O)c2ccccc2)C(Cc2ccccc2)C(=O)NCC(C)C)c1. The van der Waals surface area contributed by atoms with Gasteiger partial charge in [-0.05, 0) is 48.2 Å².